The second-order valence-corrected chi connectivity index (χ2v) is 9.47. The van der Waals surface area contributed by atoms with Crippen molar-refractivity contribution in [2.24, 2.45) is 0 Å². The summed E-state index contributed by atoms with van der Waals surface area (Å²) in [5, 5.41) is 1.08. The Labute approximate surface area is 175 Å². The zero-order valence-electron chi connectivity index (χ0n) is 17.2. The van der Waals surface area contributed by atoms with Crippen LogP contribution in [0.15, 0.2) is 30.3 Å². The summed E-state index contributed by atoms with van der Waals surface area (Å²) in [6, 6.07) is 10.6. The molecule has 150 valence electrons. The van der Waals surface area contributed by atoms with E-state index in [-0.39, 0.29) is 11.4 Å². The minimum atomic E-state index is -0.367. The van der Waals surface area contributed by atoms with Crippen molar-refractivity contribution in [1.29, 1.82) is 0 Å². The molecule has 29 heavy (non-hydrogen) atoms. The maximum absolute atomic E-state index is 12.8. The molecule has 3 heterocycles. The Morgan fingerprint density at radius 1 is 1.14 bits per heavy atom. The van der Waals surface area contributed by atoms with Crippen molar-refractivity contribution in [2.45, 2.75) is 52.1 Å². The summed E-state index contributed by atoms with van der Waals surface area (Å²) in [6.45, 7) is 8.04. The number of nitrogens with zero attached hydrogens (tertiary/aromatic N) is 2. The molecular formula is C24H26N2O2S. The van der Waals surface area contributed by atoms with Gasteiger partial charge < -0.3 is 9.64 Å². The first kappa shape index (κ1) is 18.6. The van der Waals surface area contributed by atoms with Crippen LogP contribution in [0, 0.1) is 13.8 Å². The van der Waals surface area contributed by atoms with E-state index >= 15 is 0 Å². The van der Waals surface area contributed by atoms with Gasteiger partial charge >= 0.3 is 0 Å². The monoisotopic (exact) mass is 406 g/mol. The number of benzene rings is 2. The standard InChI is InChI=1S/C24H26N2O2S/c1-4-17-5-6-19-22(13-17)29-23(25-19)26-9-7-24(8-10-26)14-20(27)18-11-15(2)16(3)12-21(18)28-24/h5-6,11-13H,4,7-10,14H2,1-3H3. The van der Waals surface area contributed by atoms with Gasteiger partial charge in [-0.3, -0.25) is 4.79 Å². The Bertz CT molecular complexity index is 1110. The molecular weight excluding hydrogens is 380 g/mol. The van der Waals surface area contributed by atoms with Crippen LogP contribution < -0.4 is 9.64 Å². The van der Waals surface area contributed by atoms with Gasteiger partial charge in [-0.1, -0.05) is 24.3 Å². The van der Waals surface area contributed by atoms with Gasteiger partial charge in [-0.2, -0.15) is 0 Å². The van der Waals surface area contributed by atoms with Gasteiger partial charge in [-0.05, 0) is 61.2 Å². The Morgan fingerprint density at radius 3 is 2.66 bits per heavy atom. The summed E-state index contributed by atoms with van der Waals surface area (Å²) in [6.07, 6.45) is 3.22. The molecule has 2 aliphatic rings. The predicted molar refractivity (Wildman–Crippen MR) is 119 cm³/mol. The lowest BCUT2D eigenvalue weighted by Gasteiger charge is -2.44. The highest BCUT2D eigenvalue weighted by Gasteiger charge is 2.43. The molecule has 1 aromatic heterocycles. The molecule has 1 fully saturated rings. The number of ketones is 1. The van der Waals surface area contributed by atoms with Crippen molar-refractivity contribution >= 4 is 32.5 Å². The maximum Gasteiger partial charge on any atom is 0.186 e. The number of piperidine rings is 1. The van der Waals surface area contributed by atoms with Gasteiger partial charge in [0.1, 0.15) is 11.4 Å². The second kappa shape index (κ2) is 6.84. The van der Waals surface area contributed by atoms with Crippen LogP contribution in [0.3, 0.4) is 0 Å². The van der Waals surface area contributed by atoms with Crippen LogP contribution >= 0.6 is 11.3 Å². The van der Waals surface area contributed by atoms with Crippen molar-refractivity contribution in [3.05, 3.63) is 52.6 Å². The normalized spacial score (nSPS) is 18.2. The van der Waals surface area contributed by atoms with Gasteiger partial charge in [0.2, 0.25) is 0 Å². The average Bonchev–Trinajstić information content (AvgIpc) is 3.13. The fourth-order valence-electron chi connectivity index (χ4n) is 4.45. The minimum absolute atomic E-state index is 0.217. The highest BCUT2D eigenvalue weighted by molar-refractivity contribution is 7.22. The Morgan fingerprint density at radius 2 is 1.90 bits per heavy atom. The Hall–Kier alpha value is -2.40. The van der Waals surface area contributed by atoms with Crippen LogP contribution in [0.2, 0.25) is 0 Å². The topological polar surface area (TPSA) is 42.4 Å². The van der Waals surface area contributed by atoms with Crippen molar-refractivity contribution in [3.63, 3.8) is 0 Å². The largest absolute Gasteiger partial charge is 0.486 e. The number of rotatable bonds is 2. The highest BCUT2D eigenvalue weighted by atomic mass is 32.1. The van der Waals surface area contributed by atoms with Gasteiger partial charge in [0.05, 0.1) is 22.2 Å². The van der Waals surface area contributed by atoms with Crippen molar-refractivity contribution in [2.75, 3.05) is 18.0 Å². The molecule has 0 aliphatic carbocycles. The number of aromatic nitrogens is 1. The molecule has 5 heteroatoms. The van der Waals surface area contributed by atoms with Crippen LogP contribution in [-0.4, -0.2) is 29.5 Å². The van der Waals surface area contributed by atoms with Crippen molar-refractivity contribution in [3.8, 4) is 5.75 Å². The zero-order valence-corrected chi connectivity index (χ0v) is 18.1. The number of anilines is 1. The van der Waals surface area contributed by atoms with E-state index in [1.165, 1.54) is 15.8 Å². The third kappa shape index (κ3) is 3.21. The molecule has 2 aromatic carbocycles. The fraction of sp³-hybridized carbons (Fsp3) is 0.417. The van der Waals surface area contributed by atoms with E-state index in [1.54, 1.807) is 11.3 Å². The number of ether oxygens (including phenoxy) is 1. The van der Waals surface area contributed by atoms with Gasteiger partial charge in [0.25, 0.3) is 0 Å². The SMILES string of the molecule is CCc1ccc2nc(N3CCC4(CC3)CC(=O)c3cc(C)c(C)cc3O4)sc2c1. The van der Waals surface area contributed by atoms with Crippen LogP contribution in [0.1, 0.15) is 53.2 Å². The summed E-state index contributed by atoms with van der Waals surface area (Å²) in [5.41, 5.74) is 5.13. The maximum atomic E-state index is 12.8. The molecule has 0 bridgehead atoms. The van der Waals surface area contributed by atoms with Crippen LogP contribution in [0.5, 0.6) is 5.75 Å². The summed E-state index contributed by atoms with van der Waals surface area (Å²) >= 11 is 1.77. The lowest BCUT2D eigenvalue weighted by Crippen LogP contribution is -2.51. The number of hydrogen-bond donors (Lipinski definition) is 0. The van der Waals surface area contributed by atoms with Gasteiger partial charge in [-0.25, -0.2) is 4.98 Å². The van der Waals surface area contributed by atoms with E-state index < -0.39 is 0 Å². The molecule has 0 radical (unpaired) electrons. The smallest absolute Gasteiger partial charge is 0.186 e. The van der Waals surface area contributed by atoms with E-state index in [0.717, 1.165) is 59.9 Å². The third-order valence-corrected chi connectivity index (χ3v) is 7.58. The molecule has 0 unspecified atom stereocenters. The quantitative estimate of drug-likeness (QED) is 0.565. The van der Waals surface area contributed by atoms with Crippen LogP contribution in [-0.2, 0) is 6.42 Å². The number of thiazole rings is 1. The molecule has 4 nitrogen and oxygen atoms in total. The first-order chi connectivity index (χ1) is 14.0. The van der Waals surface area contributed by atoms with Crippen molar-refractivity contribution in [1.82, 2.24) is 4.98 Å². The summed E-state index contributed by atoms with van der Waals surface area (Å²) < 4.78 is 7.73. The van der Waals surface area contributed by atoms with E-state index in [2.05, 4.69) is 36.9 Å². The molecule has 0 saturated carbocycles. The van der Waals surface area contributed by atoms with Gasteiger partial charge in [0.15, 0.2) is 10.9 Å². The summed E-state index contributed by atoms with van der Waals surface area (Å²) in [5.74, 6) is 0.986. The molecule has 1 saturated heterocycles. The fourth-order valence-corrected chi connectivity index (χ4v) is 5.53. The molecule has 0 N–H and O–H groups in total. The number of carbonyl (C=O) groups is 1. The Kier molecular flexibility index (Phi) is 4.39. The van der Waals surface area contributed by atoms with E-state index in [1.807, 2.05) is 19.1 Å². The van der Waals surface area contributed by atoms with E-state index in [4.69, 9.17) is 9.72 Å². The number of aryl methyl sites for hydroxylation is 3. The third-order valence-electron chi connectivity index (χ3n) is 6.50. The average molecular weight is 407 g/mol. The zero-order chi connectivity index (χ0) is 20.2. The van der Waals surface area contributed by atoms with Crippen LogP contribution in [0.4, 0.5) is 5.13 Å². The molecule has 2 aliphatic heterocycles. The number of hydrogen-bond acceptors (Lipinski definition) is 5. The van der Waals surface area contributed by atoms with Crippen molar-refractivity contribution < 1.29 is 9.53 Å². The van der Waals surface area contributed by atoms with Crippen LogP contribution in [0.25, 0.3) is 10.2 Å². The number of Topliss-reactive ketones (excluding diaryl/α,β-unsaturated/α-hetero) is 1. The highest BCUT2D eigenvalue weighted by Crippen LogP contribution is 2.42. The lowest BCUT2D eigenvalue weighted by atomic mass is 9.82. The predicted octanol–water partition coefficient (Wildman–Crippen LogP) is 5.48. The second-order valence-electron chi connectivity index (χ2n) is 8.46. The molecule has 1 spiro atoms. The number of carbonyl (C=O) groups excluding carboxylic acids is 1. The lowest BCUT2D eigenvalue weighted by molar-refractivity contribution is 0.0231. The van der Waals surface area contributed by atoms with Gasteiger partial charge in [0, 0.05) is 25.9 Å². The molecule has 3 aromatic rings. The van der Waals surface area contributed by atoms with Gasteiger partial charge in [-0.15, -0.1) is 0 Å². The first-order valence-electron chi connectivity index (χ1n) is 10.4. The summed E-state index contributed by atoms with van der Waals surface area (Å²) in [4.78, 5) is 20.1. The summed E-state index contributed by atoms with van der Waals surface area (Å²) in [7, 11) is 0. The minimum Gasteiger partial charge on any atom is -0.486 e. The molecule has 5 rings (SSSR count). The first-order valence-corrected chi connectivity index (χ1v) is 11.3. The van der Waals surface area contributed by atoms with E-state index in [9.17, 15) is 4.79 Å². The van der Waals surface area contributed by atoms with E-state index in [0.29, 0.717) is 6.42 Å². The molecule has 0 amide bonds. The molecule has 0 atom stereocenters. The number of fused-ring (bicyclic) bond motifs is 2. The Balaban J connectivity index is 1.36.